The summed E-state index contributed by atoms with van der Waals surface area (Å²) in [6.07, 6.45) is 2.66. The summed E-state index contributed by atoms with van der Waals surface area (Å²) in [6.45, 7) is 9.68. The van der Waals surface area contributed by atoms with Crippen molar-refractivity contribution in [1.82, 2.24) is 4.90 Å². The third-order valence-corrected chi connectivity index (χ3v) is 2.66. The van der Waals surface area contributed by atoms with Gasteiger partial charge >= 0.3 is 5.97 Å². The van der Waals surface area contributed by atoms with Gasteiger partial charge in [-0.3, -0.25) is 4.90 Å². The molecule has 0 aromatic heterocycles. The van der Waals surface area contributed by atoms with Crippen molar-refractivity contribution in [3.63, 3.8) is 0 Å². The van der Waals surface area contributed by atoms with E-state index in [-0.39, 0.29) is 5.97 Å². The maximum Gasteiger partial charge on any atom is 0.333 e. The van der Waals surface area contributed by atoms with Crippen LogP contribution in [0.15, 0.2) is 11.6 Å². The fourth-order valence-electron chi connectivity index (χ4n) is 1.74. The Hall–Kier alpha value is -0.870. The van der Waals surface area contributed by atoms with Crippen LogP contribution in [0, 0.1) is 5.92 Å². The lowest BCUT2D eigenvalue weighted by Gasteiger charge is -2.22. The number of methoxy groups -OCH3 is 2. The van der Waals surface area contributed by atoms with Crippen LogP contribution >= 0.6 is 0 Å². The standard InChI is InChI=1S/C14H27NO3/c1-6-13(14(16)18-5)7-8-15(9-10-17-4)11-12(2)3/h7,12H,6,8-11H2,1-5H3. The predicted molar refractivity (Wildman–Crippen MR) is 73.5 cm³/mol. The Kier molecular flexibility index (Phi) is 9.60. The van der Waals surface area contributed by atoms with Gasteiger partial charge in [0.25, 0.3) is 0 Å². The highest BCUT2D eigenvalue weighted by Gasteiger charge is 2.09. The minimum absolute atomic E-state index is 0.228. The van der Waals surface area contributed by atoms with E-state index in [4.69, 9.17) is 9.47 Å². The molecule has 0 aliphatic heterocycles. The van der Waals surface area contributed by atoms with Crippen molar-refractivity contribution >= 4 is 5.97 Å². The van der Waals surface area contributed by atoms with Gasteiger partial charge in [-0.2, -0.15) is 0 Å². The Labute approximate surface area is 111 Å². The van der Waals surface area contributed by atoms with Crippen molar-refractivity contribution in [1.29, 1.82) is 0 Å². The summed E-state index contributed by atoms with van der Waals surface area (Å²) in [5.74, 6) is 0.368. The van der Waals surface area contributed by atoms with Crippen LogP contribution in [0.3, 0.4) is 0 Å². The molecule has 0 aliphatic carbocycles. The number of nitrogens with zero attached hydrogens (tertiary/aromatic N) is 1. The van der Waals surface area contributed by atoms with Crippen molar-refractivity contribution in [2.24, 2.45) is 5.92 Å². The van der Waals surface area contributed by atoms with Gasteiger partial charge in [0, 0.05) is 32.3 Å². The second-order valence-corrected chi connectivity index (χ2v) is 4.72. The molecule has 0 rings (SSSR count). The first-order chi connectivity index (χ1) is 8.54. The van der Waals surface area contributed by atoms with E-state index >= 15 is 0 Å². The topological polar surface area (TPSA) is 38.8 Å². The third kappa shape index (κ3) is 7.45. The van der Waals surface area contributed by atoms with Gasteiger partial charge in [0.15, 0.2) is 0 Å². The van der Waals surface area contributed by atoms with E-state index < -0.39 is 0 Å². The number of hydrogen-bond acceptors (Lipinski definition) is 4. The van der Waals surface area contributed by atoms with Crippen LogP contribution in [-0.2, 0) is 14.3 Å². The van der Waals surface area contributed by atoms with Crippen molar-refractivity contribution < 1.29 is 14.3 Å². The van der Waals surface area contributed by atoms with E-state index in [1.165, 1.54) is 7.11 Å². The van der Waals surface area contributed by atoms with Crippen LogP contribution in [0.2, 0.25) is 0 Å². The van der Waals surface area contributed by atoms with Gasteiger partial charge in [0.1, 0.15) is 0 Å². The largest absolute Gasteiger partial charge is 0.466 e. The highest BCUT2D eigenvalue weighted by atomic mass is 16.5. The van der Waals surface area contributed by atoms with Gasteiger partial charge in [0.2, 0.25) is 0 Å². The van der Waals surface area contributed by atoms with Crippen LogP contribution < -0.4 is 0 Å². The highest BCUT2D eigenvalue weighted by molar-refractivity contribution is 5.88. The minimum atomic E-state index is -0.228. The van der Waals surface area contributed by atoms with Crippen LogP contribution in [0.25, 0.3) is 0 Å². The molecule has 4 heteroatoms. The average Bonchev–Trinajstić information content (AvgIpc) is 2.35. The van der Waals surface area contributed by atoms with Gasteiger partial charge in [0.05, 0.1) is 13.7 Å². The molecule has 0 unspecified atom stereocenters. The molecule has 18 heavy (non-hydrogen) atoms. The van der Waals surface area contributed by atoms with Crippen LogP contribution in [0.5, 0.6) is 0 Å². The summed E-state index contributed by atoms with van der Waals surface area (Å²) in [7, 11) is 3.12. The highest BCUT2D eigenvalue weighted by Crippen LogP contribution is 2.05. The summed E-state index contributed by atoms with van der Waals surface area (Å²) in [4.78, 5) is 13.7. The molecule has 106 valence electrons. The SMILES string of the molecule is CCC(=CCN(CCOC)CC(C)C)C(=O)OC. The molecule has 0 radical (unpaired) electrons. The molecule has 0 aromatic carbocycles. The Bertz CT molecular complexity index is 262. The lowest BCUT2D eigenvalue weighted by molar-refractivity contribution is -0.136. The first-order valence-corrected chi connectivity index (χ1v) is 6.53. The average molecular weight is 257 g/mol. The zero-order valence-electron chi connectivity index (χ0n) is 12.4. The van der Waals surface area contributed by atoms with Gasteiger partial charge in [-0.05, 0) is 12.3 Å². The smallest absolute Gasteiger partial charge is 0.333 e. The zero-order chi connectivity index (χ0) is 14.0. The predicted octanol–water partition coefficient (Wildman–Crippen LogP) is 2.10. The molecule has 0 saturated carbocycles. The molecule has 0 heterocycles. The molecule has 0 N–H and O–H groups in total. The van der Waals surface area contributed by atoms with E-state index in [9.17, 15) is 4.79 Å². The number of carbonyl (C=O) groups is 1. The fourth-order valence-corrected chi connectivity index (χ4v) is 1.74. The van der Waals surface area contributed by atoms with Crippen molar-refractivity contribution in [3.8, 4) is 0 Å². The molecule has 0 aliphatic rings. The molecular formula is C14H27NO3. The Balaban J connectivity index is 4.44. The summed E-state index contributed by atoms with van der Waals surface area (Å²) in [5, 5.41) is 0. The van der Waals surface area contributed by atoms with E-state index in [1.54, 1.807) is 7.11 Å². The summed E-state index contributed by atoms with van der Waals surface area (Å²) >= 11 is 0. The zero-order valence-corrected chi connectivity index (χ0v) is 12.4. The molecule has 4 nitrogen and oxygen atoms in total. The molecule has 0 aromatic rings. The second kappa shape index (κ2) is 10.1. The Morgan fingerprint density at radius 3 is 2.44 bits per heavy atom. The summed E-state index contributed by atoms with van der Waals surface area (Å²) in [5.41, 5.74) is 0.740. The number of carbonyl (C=O) groups excluding carboxylic acids is 1. The van der Waals surface area contributed by atoms with E-state index in [0.717, 1.165) is 25.2 Å². The summed E-state index contributed by atoms with van der Waals surface area (Å²) < 4.78 is 9.85. The van der Waals surface area contributed by atoms with Crippen molar-refractivity contribution in [2.45, 2.75) is 27.2 Å². The third-order valence-electron chi connectivity index (χ3n) is 2.66. The quantitative estimate of drug-likeness (QED) is 0.468. The number of ether oxygens (including phenoxy) is 2. The minimum Gasteiger partial charge on any atom is -0.466 e. The monoisotopic (exact) mass is 257 g/mol. The molecule has 0 amide bonds. The maximum atomic E-state index is 11.5. The van der Waals surface area contributed by atoms with Crippen LogP contribution in [-0.4, -0.2) is 51.3 Å². The van der Waals surface area contributed by atoms with E-state index in [0.29, 0.717) is 18.9 Å². The second-order valence-electron chi connectivity index (χ2n) is 4.72. The lowest BCUT2D eigenvalue weighted by atomic mass is 10.1. The number of rotatable bonds is 9. The Morgan fingerprint density at radius 2 is 2.00 bits per heavy atom. The van der Waals surface area contributed by atoms with E-state index in [1.807, 2.05) is 13.0 Å². The van der Waals surface area contributed by atoms with Gasteiger partial charge in [-0.25, -0.2) is 4.79 Å². The molecule has 0 bridgehead atoms. The fraction of sp³-hybridized carbons (Fsp3) is 0.786. The first kappa shape index (κ1) is 17.1. The van der Waals surface area contributed by atoms with Gasteiger partial charge in [-0.1, -0.05) is 26.8 Å². The van der Waals surface area contributed by atoms with Crippen LogP contribution in [0.1, 0.15) is 27.2 Å². The van der Waals surface area contributed by atoms with Gasteiger partial charge in [-0.15, -0.1) is 0 Å². The normalized spacial score (nSPS) is 12.3. The summed E-state index contributed by atoms with van der Waals surface area (Å²) in [6, 6.07) is 0. The van der Waals surface area contributed by atoms with Crippen molar-refractivity contribution in [3.05, 3.63) is 11.6 Å². The first-order valence-electron chi connectivity index (χ1n) is 6.53. The van der Waals surface area contributed by atoms with Gasteiger partial charge < -0.3 is 9.47 Å². The van der Waals surface area contributed by atoms with E-state index in [2.05, 4.69) is 18.7 Å². The maximum absolute atomic E-state index is 11.5. The lowest BCUT2D eigenvalue weighted by Crippen LogP contribution is -2.31. The number of hydrogen-bond donors (Lipinski definition) is 0. The molecule has 0 saturated heterocycles. The molecule has 0 spiro atoms. The van der Waals surface area contributed by atoms with Crippen molar-refractivity contribution in [2.75, 3.05) is 40.5 Å². The molecular weight excluding hydrogens is 230 g/mol. The molecule has 0 fully saturated rings. The number of esters is 1. The Morgan fingerprint density at radius 1 is 1.33 bits per heavy atom. The van der Waals surface area contributed by atoms with Crippen LogP contribution in [0.4, 0.5) is 0 Å². The molecule has 0 atom stereocenters.